The molecule has 0 spiro atoms. The molecule has 3 aliphatic rings. The first-order chi connectivity index (χ1) is 16.0. The van der Waals surface area contributed by atoms with Gasteiger partial charge in [-0.1, -0.05) is 62.3 Å². The Morgan fingerprint density at radius 2 is 1.09 bits per heavy atom. The number of hydrogen-bond acceptors (Lipinski definition) is 6. The molecule has 6 nitrogen and oxygen atoms in total. The summed E-state index contributed by atoms with van der Waals surface area (Å²) in [5.74, 6) is 2.89. The number of aliphatic hydroxyl groups excluding tert-OH is 1. The number of rotatable bonds is 7. The molecule has 7 unspecified atom stereocenters. The quantitative estimate of drug-likeness (QED) is 0.420. The molecule has 0 amide bonds. The van der Waals surface area contributed by atoms with Gasteiger partial charge in [0.05, 0.1) is 39.5 Å². The van der Waals surface area contributed by atoms with E-state index in [0.717, 1.165) is 0 Å². The topological polar surface area (TPSA) is 66.4 Å². The molecule has 0 aromatic carbocycles. The fourth-order valence-corrected chi connectivity index (χ4v) is 5.61. The van der Waals surface area contributed by atoms with Crippen molar-refractivity contribution in [3.05, 3.63) is 0 Å². The molecule has 34 heavy (non-hydrogen) atoms. The molecule has 7 heteroatoms. The van der Waals surface area contributed by atoms with Crippen molar-refractivity contribution in [2.75, 3.05) is 26.4 Å². The molecule has 197 valence electrons. The molecule has 3 heterocycles. The van der Waals surface area contributed by atoms with Crippen LogP contribution in [0.1, 0.15) is 63.7 Å². The first kappa shape index (κ1) is 29.8. The van der Waals surface area contributed by atoms with Crippen molar-refractivity contribution >= 4 is 0 Å². The fourth-order valence-electron chi connectivity index (χ4n) is 5.61. The monoisotopic (exact) mass is 698 g/mol. The van der Waals surface area contributed by atoms with E-state index in [1.807, 2.05) is 0 Å². The van der Waals surface area contributed by atoms with Crippen molar-refractivity contribution < 1.29 is 74.2 Å². The molecule has 0 bridgehead atoms. The maximum absolute atomic E-state index is 9.73. The van der Waals surface area contributed by atoms with E-state index in [9.17, 15) is 5.11 Å². The van der Waals surface area contributed by atoms with E-state index in [1.54, 1.807) is 0 Å². The van der Waals surface area contributed by atoms with E-state index in [1.165, 1.54) is 0 Å². The summed E-state index contributed by atoms with van der Waals surface area (Å²) in [7, 11) is 0. The van der Waals surface area contributed by atoms with Crippen LogP contribution in [0.5, 0.6) is 0 Å². The van der Waals surface area contributed by atoms with Crippen molar-refractivity contribution in [1.29, 1.82) is 0 Å². The zero-order chi connectivity index (χ0) is 25.3. The minimum atomic E-state index is -0.505. The molecule has 1 N–H and O–H groups in total. The largest absolute Gasteiger partial charge is 0.394 e. The van der Waals surface area contributed by atoms with Gasteiger partial charge < -0.3 is 28.8 Å². The molecule has 1 radical (unpaired) electrons. The number of hydrogen-bond donors (Lipinski definition) is 1. The van der Waals surface area contributed by atoms with Crippen LogP contribution >= 0.6 is 0 Å². The molecule has 0 saturated carbocycles. The second kappa shape index (κ2) is 13.8. The summed E-state index contributed by atoms with van der Waals surface area (Å²) < 4.78 is 39.4. The van der Waals surface area contributed by atoms with E-state index in [-0.39, 0.29) is 99.3 Å². The van der Waals surface area contributed by atoms with Crippen molar-refractivity contribution in [3.63, 3.8) is 0 Å². The van der Waals surface area contributed by atoms with E-state index >= 15 is 0 Å². The molecule has 0 aromatic heterocycles. The molecule has 3 rings (SSSR count). The molecule has 3 saturated heterocycles. The smallest absolute Gasteiger partial charge is 0.160 e. The Labute approximate surface area is 245 Å². The summed E-state index contributed by atoms with van der Waals surface area (Å²) in [4.78, 5) is 0. The van der Waals surface area contributed by atoms with Crippen molar-refractivity contribution in [3.8, 4) is 0 Å². The van der Waals surface area contributed by atoms with Crippen LogP contribution in [-0.2, 0) is 23.7 Å². The predicted octanol–water partition coefficient (Wildman–Crippen LogP) is 4.59. The first-order valence-electron chi connectivity index (χ1n) is 13.8. The Morgan fingerprint density at radius 1 is 0.647 bits per heavy atom. The van der Waals surface area contributed by atoms with Crippen molar-refractivity contribution in [2.24, 2.45) is 53.3 Å². The average molecular weight is 699 g/mol. The standard InChI is InChI=1S/C27H50O6.Ac/c1-14-11-29-24(18(5)15(14)2)12-30-27-22(9)17(4)20(7)25(33-27)13-31-26-21(8)16(3)19(6)23(10-28)32-26;/h14-28H,10-13H2,1-9H3;/t14?,15-,16+,17+,18-,19-,20-,21?,22?,23?,24?,25?,26-,27-;/m1./s1/i11D;/t11?,14?,15-,16+,17+,18-,19-,20-,21?,22?,23?,24?,25?,26-,27-;. The minimum Gasteiger partial charge on any atom is -0.394 e. The molecule has 3 fully saturated rings. The average Bonchev–Trinajstić information content (AvgIpc) is 2.82. The molecule has 0 aromatic rings. The van der Waals surface area contributed by atoms with Crippen LogP contribution < -0.4 is 0 Å². The molecule has 0 aliphatic carbocycles. The van der Waals surface area contributed by atoms with E-state index < -0.39 is 6.58 Å². The zero-order valence-corrected chi connectivity index (χ0v) is 27.6. The summed E-state index contributed by atoms with van der Waals surface area (Å²) in [5, 5.41) is 9.73. The third-order valence-electron chi connectivity index (χ3n) is 9.71. The number of ether oxygens (including phenoxy) is 5. The van der Waals surface area contributed by atoms with Gasteiger partial charge in [0.25, 0.3) is 0 Å². The maximum Gasteiger partial charge on any atom is 0.160 e. The van der Waals surface area contributed by atoms with Crippen LogP contribution in [0.25, 0.3) is 0 Å². The van der Waals surface area contributed by atoms with Gasteiger partial charge >= 0.3 is 0 Å². The van der Waals surface area contributed by atoms with Gasteiger partial charge in [0.15, 0.2) is 12.6 Å². The van der Waals surface area contributed by atoms with Crippen LogP contribution in [0, 0.1) is 97.3 Å². The second-order valence-electron chi connectivity index (χ2n) is 11.5. The summed E-state index contributed by atoms with van der Waals surface area (Å²) in [6.45, 7) is 20.1. The Morgan fingerprint density at radius 3 is 1.62 bits per heavy atom. The summed E-state index contributed by atoms with van der Waals surface area (Å²) in [6, 6.07) is 0. The molecule has 3 aliphatic heterocycles. The van der Waals surface area contributed by atoms with Gasteiger partial charge in [-0.2, -0.15) is 0 Å². The third-order valence-corrected chi connectivity index (χ3v) is 9.71. The zero-order valence-electron chi connectivity index (χ0n) is 23.8. The third kappa shape index (κ3) is 6.99. The van der Waals surface area contributed by atoms with Crippen LogP contribution in [0.2, 0.25) is 0 Å². The summed E-state index contributed by atoms with van der Waals surface area (Å²) >= 11 is 0. The van der Waals surface area contributed by atoms with Crippen LogP contribution in [0.3, 0.4) is 0 Å². The Kier molecular flexibility index (Phi) is 12.1. The molecular formula is C27H50AcO6. The van der Waals surface area contributed by atoms with Gasteiger partial charge in [-0.15, -0.1) is 0 Å². The van der Waals surface area contributed by atoms with Gasteiger partial charge in [0.2, 0.25) is 0 Å². The van der Waals surface area contributed by atoms with Gasteiger partial charge in [-0.05, 0) is 41.4 Å². The fraction of sp³-hybridized carbons (Fsp3) is 1.00. The van der Waals surface area contributed by atoms with Crippen molar-refractivity contribution in [2.45, 2.75) is 93.2 Å². The number of aliphatic hydroxyl groups is 1. The first-order valence-corrected chi connectivity index (χ1v) is 13.2. The second-order valence-corrected chi connectivity index (χ2v) is 11.5. The summed E-state index contributed by atoms with van der Waals surface area (Å²) in [5.41, 5.74) is 0. The van der Waals surface area contributed by atoms with Crippen LogP contribution in [0.15, 0.2) is 0 Å². The van der Waals surface area contributed by atoms with Gasteiger partial charge in [0, 0.05) is 62.5 Å². The Balaban J connectivity index is 0.00000432. The van der Waals surface area contributed by atoms with E-state index in [0.29, 0.717) is 48.7 Å². The molecular weight excluding hydrogens is 647 g/mol. The van der Waals surface area contributed by atoms with Crippen molar-refractivity contribution in [1.82, 2.24) is 0 Å². The maximum atomic E-state index is 9.73. The predicted molar refractivity (Wildman–Crippen MR) is 129 cm³/mol. The molecule has 15 atom stereocenters. The Hall–Kier alpha value is 1.20. The SMILES string of the molecule is [2H]C1OC(CO[C@@H]2OC(CO[C@@H]3OC(CO)[C@H](C)[C@H](C)C3C)[C@H](C)[C@H](C)C2C)[C@H](C)[C@H](C)C1C.[Ac]. The van der Waals surface area contributed by atoms with Gasteiger partial charge in [-0.25, -0.2) is 0 Å². The van der Waals surface area contributed by atoms with Gasteiger partial charge in [-0.3, -0.25) is 0 Å². The normalized spacial score (nSPS) is 52.5. The van der Waals surface area contributed by atoms with Gasteiger partial charge in [0.1, 0.15) is 0 Å². The van der Waals surface area contributed by atoms with Crippen LogP contribution in [-0.4, -0.2) is 62.4 Å². The minimum absolute atomic E-state index is 0. The van der Waals surface area contributed by atoms with E-state index in [2.05, 4.69) is 62.3 Å². The Bertz CT molecular complexity index is 641. The van der Waals surface area contributed by atoms with E-state index in [4.69, 9.17) is 25.1 Å². The summed E-state index contributed by atoms with van der Waals surface area (Å²) in [6.07, 6.45) is -1.06. The van der Waals surface area contributed by atoms with Crippen LogP contribution in [0.4, 0.5) is 0 Å².